The summed E-state index contributed by atoms with van der Waals surface area (Å²) in [5, 5.41) is 4.55. The van der Waals surface area contributed by atoms with Gasteiger partial charge < -0.3 is 18.9 Å². The fourth-order valence-electron chi connectivity index (χ4n) is 2.97. The lowest BCUT2D eigenvalue weighted by atomic mass is 10.1. The molecule has 3 aromatic carbocycles. The molecule has 0 heterocycles. The average Bonchev–Trinajstić information content (AvgIpc) is 2.84. The lowest BCUT2D eigenvalue weighted by molar-refractivity contribution is 0.0733. The van der Waals surface area contributed by atoms with Gasteiger partial charge in [0.05, 0.1) is 43.7 Å². The minimum atomic E-state index is -0.668. The molecule has 3 rings (SSSR count). The molecule has 0 aliphatic carbocycles. The molecule has 0 saturated heterocycles. The van der Waals surface area contributed by atoms with Crippen molar-refractivity contribution in [2.24, 2.45) is 5.10 Å². The monoisotopic (exact) mass is 580 g/mol. The first-order valence-electron chi connectivity index (χ1n) is 9.87. The van der Waals surface area contributed by atoms with Crippen molar-refractivity contribution in [2.75, 3.05) is 21.3 Å². The summed E-state index contributed by atoms with van der Waals surface area (Å²) < 4.78 is 22.1. The van der Waals surface area contributed by atoms with Crippen LogP contribution in [0.2, 0.25) is 10.0 Å². The summed E-state index contributed by atoms with van der Waals surface area (Å²) in [6, 6.07) is 12.4. The van der Waals surface area contributed by atoms with Crippen molar-refractivity contribution < 1.29 is 28.5 Å². The lowest BCUT2D eigenvalue weighted by Gasteiger charge is -2.14. The third-order valence-corrected chi connectivity index (χ3v) is 5.66. The van der Waals surface area contributed by atoms with Gasteiger partial charge in [-0.25, -0.2) is 10.2 Å². The van der Waals surface area contributed by atoms with Gasteiger partial charge in [0.1, 0.15) is 5.75 Å². The predicted octanol–water partition coefficient (Wildman–Crippen LogP) is 5.76. The van der Waals surface area contributed by atoms with Crippen LogP contribution in [0.5, 0.6) is 23.0 Å². The van der Waals surface area contributed by atoms with Crippen LogP contribution in [0.15, 0.2) is 58.1 Å². The van der Waals surface area contributed by atoms with Gasteiger partial charge in [0.15, 0.2) is 11.5 Å². The molecule has 0 saturated carbocycles. The molecule has 0 aliphatic rings. The van der Waals surface area contributed by atoms with Gasteiger partial charge in [-0.3, -0.25) is 4.79 Å². The third kappa shape index (κ3) is 6.45. The summed E-state index contributed by atoms with van der Waals surface area (Å²) in [4.78, 5) is 25.3. The van der Waals surface area contributed by atoms with Crippen molar-refractivity contribution in [2.45, 2.75) is 0 Å². The standard InChI is InChI=1S/C24H19BrCl2N2O6/c1-32-20-9-13(10-21(33-2)22(20)34-3)24(31)35-19-7-4-15(25)8-14(19)12-28-29-23(30)17-6-5-16(26)11-18(17)27/h4-12H,1-3H3,(H,29,30). The largest absolute Gasteiger partial charge is 0.493 e. The molecular formula is C24H19BrCl2N2O6. The molecular weight excluding hydrogens is 563 g/mol. The van der Waals surface area contributed by atoms with E-state index in [1.165, 1.54) is 51.8 Å². The number of methoxy groups -OCH3 is 3. The summed E-state index contributed by atoms with van der Waals surface area (Å²) >= 11 is 15.3. The Labute approximate surface area is 219 Å². The summed E-state index contributed by atoms with van der Waals surface area (Å²) in [6.45, 7) is 0. The summed E-state index contributed by atoms with van der Waals surface area (Å²) in [7, 11) is 4.36. The Kier molecular flexibility index (Phi) is 8.97. The smallest absolute Gasteiger partial charge is 0.343 e. The predicted molar refractivity (Wildman–Crippen MR) is 137 cm³/mol. The lowest BCUT2D eigenvalue weighted by Crippen LogP contribution is -2.18. The van der Waals surface area contributed by atoms with E-state index >= 15 is 0 Å². The highest BCUT2D eigenvalue weighted by molar-refractivity contribution is 9.10. The van der Waals surface area contributed by atoms with E-state index < -0.39 is 11.9 Å². The number of rotatable bonds is 8. The van der Waals surface area contributed by atoms with Crippen molar-refractivity contribution >= 4 is 57.2 Å². The van der Waals surface area contributed by atoms with Crippen LogP contribution >= 0.6 is 39.1 Å². The van der Waals surface area contributed by atoms with Gasteiger partial charge in [-0.1, -0.05) is 39.1 Å². The zero-order chi connectivity index (χ0) is 25.5. The van der Waals surface area contributed by atoms with Gasteiger partial charge in [-0.05, 0) is 48.5 Å². The van der Waals surface area contributed by atoms with E-state index in [1.807, 2.05) is 0 Å². The maximum Gasteiger partial charge on any atom is 0.343 e. The molecule has 0 bridgehead atoms. The Morgan fingerprint density at radius 2 is 1.60 bits per heavy atom. The average molecular weight is 582 g/mol. The minimum absolute atomic E-state index is 0.177. The number of amides is 1. The van der Waals surface area contributed by atoms with E-state index in [0.29, 0.717) is 32.3 Å². The molecule has 0 spiro atoms. The number of hydrogen-bond acceptors (Lipinski definition) is 7. The zero-order valence-corrected chi connectivity index (χ0v) is 21.8. The molecule has 1 N–H and O–H groups in total. The number of carbonyl (C=O) groups is 2. The van der Waals surface area contributed by atoms with Crippen LogP contribution in [0, 0.1) is 0 Å². The first kappa shape index (κ1) is 26.3. The number of carbonyl (C=O) groups excluding carboxylic acids is 2. The maximum absolute atomic E-state index is 12.9. The van der Waals surface area contributed by atoms with Gasteiger partial charge >= 0.3 is 5.97 Å². The maximum atomic E-state index is 12.9. The van der Waals surface area contributed by atoms with Crippen LogP contribution < -0.4 is 24.4 Å². The minimum Gasteiger partial charge on any atom is -0.493 e. The SMILES string of the molecule is COc1cc(C(=O)Oc2ccc(Br)cc2C=NNC(=O)c2ccc(Cl)cc2Cl)cc(OC)c1OC. The van der Waals surface area contributed by atoms with Crippen molar-refractivity contribution in [3.8, 4) is 23.0 Å². The molecule has 0 aliphatic heterocycles. The third-order valence-electron chi connectivity index (χ3n) is 4.62. The second kappa shape index (κ2) is 11.9. The Morgan fingerprint density at radius 3 is 2.20 bits per heavy atom. The van der Waals surface area contributed by atoms with E-state index in [2.05, 4.69) is 26.5 Å². The number of nitrogens with zero attached hydrogens (tertiary/aromatic N) is 1. The highest BCUT2D eigenvalue weighted by atomic mass is 79.9. The van der Waals surface area contributed by atoms with Gasteiger partial charge in [0, 0.05) is 15.1 Å². The summed E-state index contributed by atoms with van der Waals surface area (Å²) in [6.07, 6.45) is 1.34. The van der Waals surface area contributed by atoms with E-state index in [4.69, 9.17) is 42.1 Å². The number of halogens is 3. The fraction of sp³-hybridized carbons (Fsp3) is 0.125. The fourth-order valence-corrected chi connectivity index (χ4v) is 3.84. The molecule has 8 nitrogen and oxygen atoms in total. The highest BCUT2D eigenvalue weighted by Crippen LogP contribution is 2.38. The first-order chi connectivity index (χ1) is 16.8. The van der Waals surface area contributed by atoms with Gasteiger partial charge in [-0.15, -0.1) is 0 Å². The van der Waals surface area contributed by atoms with Crippen LogP contribution in [-0.4, -0.2) is 39.4 Å². The Hall–Kier alpha value is -3.27. The highest BCUT2D eigenvalue weighted by Gasteiger charge is 2.19. The van der Waals surface area contributed by atoms with Crippen molar-refractivity contribution in [3.63, 3.8) is 0 Å². The Balaban J connectivity index is 1.82. The topological polar surface area (TPSA) is 95.5 Å². The van der Waals surface area contributed by atoms with Crippen LogP contribution in [0.3, 0.4) is 0 Å². The Bertz CT molecular complexity index is 1270. The number of ether oxygens (including phenoxy) is 4. The van der Waals surface area contributed by atoms with Crippen LogP contribution in [0.4, 0.5) is 0 Å². The Morgan fingerprint density at radius 1 is 0.914 bits per heavy atom. The molecule has 0 radical (unpaired) electrons. The van der Waals surface area contributed by atoms with Crippen molar-refractivity contribution in [1.82, 2.24) is 5.43 Å². The number of nitrogens with one attached hydrogen (secondary N) is 1. The number of benzene rings is 3. The molecule has 3 aromatic rings. The van der Waals surface area contributed by atoms with Gasteiger partial charge in [0.2, 0.25) is 5.75 Å². The van der Waals surface area contributed by atoms with E-state index in [-0.39, 0.29) is 21.9 Å². The quantitative estimate of drug-likeness (QED) is 0.157. The van der Waals surface area contributed by atoms with Crippen LogP contribution in [-0.2, 0) is 0 Å². The number of hydrogen-bond donors (Lipinski definition) is 1. The van der Waals surface area contributed by atoms with Crippen LogP contribution in [0.25, 0.3) is 0 Å². The molecule has 0 aromatic heterocycles. The summed E-state index contributed by atoms with van der Waals surface area (Å²) in [5.74, 6) is -0.0407. The molecule has 1 amide bonds. The molecule has 35 heavy (non-hydrogen) atoms. The number of esters is 1. The zero-order valence-electron chi connectivity index (χ0n) is 18.7. The van der Waals surface area contributed by atoms with Crippen molar-refractivity contribution in [1.29, 1.82) is 0 Å². The van der Waals surface area contributed by atoms with Crippen LogP contribution in [0.1, 0.15) is 26.3 Å². The van der Waals surface area contributed by atoms with E-state index in [9.17, 15) is 9.59 Å². The molecule has 11 heteroatoms. The van der Waals surface area contributed by atoms with E-state index in [1.54, 1.807) is 24.3 Å². The second-order valence-electron chi connectivity index (χ2n) is 6.81. The van der Waals surface area contributed by atoms with Gasteiger partial charge in [-0.2, -0.15) is 5.10 Å². The second-order valence-corrected chi connectivity index (χ2v) is 8.57. The molecule has 182 valence electrons. The van der Waals surface area contributed by atoms with Crippen molar-refractivity contribution in [3.05, 3.63) is 79.7 Å². The summed E-state index contributed by atoms with van der Waals surface area (Å²) in [5.41, 5.74) is 3.18. The first-order valence-corrected chi connectivity index (χ1v) is 11.4. The van der Waals surface area contributed by atoms with Gasteiger partial charge in [0.25, 0.3) is 5.91 Å². The molecule has 0 fully saturated rings. The number of hydrazone groups is 1. The molecule has 0 unspecified atom stereocenters. The van der Waals surface area contributed by atoms with E-state index in [0.717, 1.165) is 0 Å². The molecule has 0 atom stereocenters. The normalized spacial score (nSPS) is 10.7.